The standard InChI is InChI=1S/C16H12ClFN2O/c17-13-7-4-8-14(18)12(13)10-19-20-15(9-16(20)21)11-5-2-1-3-6-11/h1-8,10,15H,9H2/b19-10-/t15-/m1/s1. The van der Waals surface area contributed by atoms with Crippen LogP contribution < -0.4 is 0 Å². The number of carbonyl (C=O) groups excluding carboxylic acids is 1. The Hall–Kier alpha value is -2.20. The maximum absolute atomic E-state index is 13.7. The minimum atomic E-state index is -0.463. The van der Waals surface area contributed by atoms with E-state index in [-0.39, 0.29) is 22.5 Å². The fraction of sp³-hybridized carbons (Fsp3) is 0.125. The fourth-order valence-corrected chi connectivity index (χ4v) is 2.45. The Balaban J connectivity index is 1.83. The Labute approximate surface area is 126 Å². The molecule has 106 valence electrons. The van der Waals surface area contributed by atoms with Crippen LogP contribution in [0, 0.1) is 5.82 Å². The zero-order chi connectivity index (χ0) is 14.8. The second-order valence-electron chi connectivity index (χ2n) is 4.75. The van der Waals surface area contributed by atoms with Crippen LogP contribution in [0.5, 0.6) is 0 Å². The number of hydrogen-bond donors (Lipinski definition) is 0. The van der Waals surface area contributed by atoms with Crippen LogP contribution in [-0.4, -0.2) is 17.1 Å². The average Bonchev–Trinajstić information content (AvgIpc) is 2.48. The van der Waals surface area contributed by atoms with Crippen molar-refractivity contribution in [3.63, 3.8) is 0 Å². The van der Waals surface area contributed by atoms with Crippen molar-refractivity contribution >= 4 is 23.7 Å². The summed E-state index contributed by atoms with van der Waals surface area (Å²) in [5.41, 5.74) is 1.19. The lowest BCUT2D eigenvalue weighted by Gasteiger charge is -2.36. The molecule has 0 spiro atoms. The molecule has 0 unspecified atom stereocenters. The van der Waals surface area contributed by atoms with Crippen molar-refractivity contribution in [2.75, 3.05) is 0 Å². The number of hydrogen-bond acceptors (Lipinski definition) is 2. The fourth-order valence-electron chi connectivity index (χ4n) is 2.24. The minimum absolute atomic E-state index is 0.0902. The van der Waals surface area contributed by atoms with Gasteiger partial charge in [-0.05, 0) is 17.7 Å². The summed E-state index contributed by atoms with van der Waals surface area (Å²) in [5.74, 6) is -0.553. The van der Waals surface area contributed by atoms with E-state index >= 15 is 0 Å². The van der Waals surface area contributed by atoms with Gasteiger partial charge in [0.25, 0.3) is 0 Å². The van der Waals surface area contributed by atoms with Gasteiger partial charge in [0, 0.05) is 5.56 Å². The van der Waals surface area contributed by atoms with Gasteiger partial charge >= 0.3 is 0 Å². The van der Waals surface area contributed by atoms with Gasteiger partial charge < -0.3 is 0 Å². The van der Waals surface area contributed by atoms with Crippen LogP contribution in [0.3, 0.4) is 0 Å². The van der Waals surface area contributed by atoms with Crippen LogP contribution in [-0.2, 0) is 4.79 Å². The lowest BCUT2D eigenvalue weighted by molar-refractivity contribution is -0.146. The van der Waals surface area contributed by atoms with Crippen molar-refractivity contribution in [3.8, 4) is 0 Å². The zero-order valence-corrected chi connectivity index (χ0v) is 11.8. The molecule has 1 heterocycles. The number of hydrazone groups is 1. The molecule has 0 bridgehead atoms. The number of nitrogens with zero attached hydrogens (tertiary/aromatic N) is 2. The SMILES string of the molecule is O=C1C[C@H](c2ccccc2)N1/N=C\c1c(F)cccc1Cl. The van der Waals surface area contributed by atoms with Crippen LogP contribution in [0.15, 0.2) is 53.6 Å². The first-order valence-corrected chi connectivity index (χ1v) is 6.89. The molecule has 0 saturated carbocycles. The molecule has 0 aliphatic carbocycles. The number of halogens is 2. The van der Waals surface area contributed by atoms with Gasteiger partial charge in [0.2, 0.25) is 5.91 Å². The number of benzene rings is 2. The van der Waals surface area contributed by atoms with E-state index in [9.17, 15) is 9.18 Å². The molecule has 1 amide bonds. The quantitative estimate of drug-likeness (QED) is 0.627. The van der Waals surface area contributed by atoms with Crippen LogP contribution in [0.4, 0.5) is 4.39 Å². The minimum Gasteiger partial charge on any atom is -0.273 e. The first-order chi connectivity index (χ1) is 10.2. The molecular weight excluding hydrogens is 291 g/mol. The second kappa shape index (κ2) is 5.66. The Morgan fingerprint density at radius 1 is 1.19 bits per heavy atom. The van der Waals surface area contributed by atoms with Gasteiger partial charge in [-0.3, -0.25) is 4.79 Å². The second-order valence-corrected chi connectivity index (χ2v) is 5.16. The number of β-lactam (4-membered cyclic amide) rings is 1. The lowest BCUT2D eigenvalue weighted by Crippen LogP contribution is -2.42. The third-order valence-electron chi connectivity index (χ3n) is 3.41. The third kappa shape index (κ3) is 2.67. The molecule has 5 heteroatoms. The summed E-state index contributed by atoms with van der Waals surface area (Å²) >= 11 is 5.93. The summed E-state index contributed by atoms with van der Waals surface area (Å²) in [6, 6.07) is 13.9. The Morgan fingerprint density at radius 2 is 1.95 bits per heavy atom. The van der Waals surface area contributed by atoms with E-state index in [1.807, 2.05) is 30.3 Å². The smallest absolute Gasteiger partial charge is 0.245 e. The molecule has 3 rings (SSSR count). The summed E-state index contributed by atoms with van der Waals surface area (Å²) in [4.78, 5) is 11.7. The molecule has 1 saturated heterocycles. The molecule has 2 aromatic rings. The van der Waals surface area contributed by atoms with Gasteiger partial charge in [-0.1, -0.05) is 48.0 Å². The van der Waals surface area contributed by atoms with E-state index < -0.39 is 5.82 Å². The molecule has 1 aliphatic heterocycles. The normalized spacial score (nSPS) is 18.1. The number of amides is 1. The van der Waals surface area contributed by atoms with E-state index in [0.29, 0.717) is 6.42 Å². The zero-order valence-electron chi connectivity index (χ0n) is 11.0. The highest BCUT2D eigenvalue weighted by Crippen LogP contribution is 2.34. The molecule has 21 heavy (non-hydrogen) atoms. The predicted octanol–water partition coefficient (Wildman–Crippen LogP) is 3.79. The summed E-state index contributed by atoms with van der Waals surface area (Å²) in [6.07, 6.45) is 1.71. The summed E-state index contributed by atoms with van der Waals surface area (Å²) in [7, 11) is 0. The maximum Gasteiger partial charge on any atom is 0.245 e. The van der Waals surface area contributed by atoms with Crippen molar-refractivity contribution in [1.29, 1.82) is 0 Å². The van der Waals surface area contributed by atoms with Gasteiger partial charge in [-0.15, -0.1) is 0 Å². The first kappa shape index (κ1) is 13.8. The topological polar surface area (TPSA) is 32.7 Å². The summed E-state index contributed by atoms with van der Waals surface area (Å²) in [6.45, 7) is 0. The molecule has 1 fully saturated rings. The summed E-state index contributed by atoms with van der Waals surface area (Å²) in [5, 5.41) is 5.72. The molecule has 3 nitrogen and oxygen atoms in total. The van der Waals surface area contributed by atoms with Gasteiger partial charge in [0.05, 0.1) is 23.7 Å². The van der Waals surface area contributed by atoms with Crippen LogP contribution in [0.2, 0.25) is 5.02 Å². The van der Waals surface area contributed by atoms with E-state index in [2.05, 4.69) is 5.10 Å². The van der Waals surface area contributed by atoms with Crippen molar-refractivity contribution in [2.45, 2.75) is 12.5 Å². The number of rotatable bonds is 3. The van der Waals surface area contributed by atoms with Gasteiger partial charge in [-0.2, -0.15) is 5.10 Å². The maximum atomic E-state index is 13.7. The van der Waals surface area contributed by atoms with Crippen LogP contribution in [0.1, 0.15) is 23.6 Å². The average molecular weight is 303 g/mol. The molecule has 0 radical (unpaired) electrons. The van der Waals surface area contributed by atoms with Crippen molar-refractivity contribution in [3.05, 3.63) is 70.5 Å². The first-order valence-electron chi connectivity index (χ1n) is 6.52. The van der Waals surface area contributed by atoms with E-state index in [4.69, 9.17) is 11.6 Å². The van der Waals surface area contributed by atoms with E-state index in [1.54, 1.807) is 6.07 Å². The predicted molar refractivity (Wildman–Crippen MR) is 79.7 cm³/mol. The largest absolute Gasteiger partial charge is 0.273 e. The van der Waals surface area contributed by atoms with Gasteiger partial charge in [-0.25, -0.2) is 9.40 Å². The highest BCUT2D eigenvalue weighted by molar-refractivity contribution is 6.33. The van der Waals surface area contributed by atoms with Gasteiger partial charge in [0.1, 0.15) is 5.82 Å². The van der Waals surface area contributed by atoms with Crippen molar-refractivity contribution in [1.82, 2.24) is 5.01 Å². The van der Waals surface area contributed by atoms with E-state index in [0.717, 1.165) is 5.56 Å². The lowest BCUT2D eigenvalue weighted by atomic mass is 9.96. The molecule has 2 aromatic carbocycles. The monoisotopic (exact) mass is 302 g/mol. The van der Waals surface area contributed by atoms with Crippen LogP contribution >= 0.6 is 11.6 Å². The molecule has 0 aromatic heterocycles. The Bertz CT molecular complexity index is 682. The molecule has 1 aliphatic rings. The number of carbonyl (C=O) groups is 1. The summed E-state index contributed by atoms with van der Waals surface area (Å²) < 4.78 is 13.7. The Morgan fingerprint density at radius 3 is 2.62 bits per heavy atom. The van der Waals surface area contributed by atoms with Crippen LogP contribution in [0.25, 0.3) is 0 Å². The molecule has 0 N–H and O–H groups in total. The Kier molecular flexibility index (Phi) is 3.71. The molecular formula is C16H12ClFN2O. The highest BCUT2D eigenvalue weighted by atomic mass is 35.5. The third-order valence-corrected chi connectivity index (χ3v) is 3.74. The molecule has 1 atom stereocenters. The highest BCUT2D eigenvalue weighted by Gasteiger charge is 2.37. The van der Waals surface area contributed by atoms with Crippen molar-refractivity contribution in [2.24, 2.45) is 5.10 Å². The van der Waals surface area contributed by atoms with Gasteiger partial charge in [0.15, 0.2) is 0 Å². The van der Waals surface area contributed by atoms with Crippen molar-refractivity contribution < 1.29 is 9.18 Å². The van der Waals surface area contributed by atoms with E-state index in [1.165, 1.54) is 23.4 Å².